The van der Waals surface area contributed by atoms with Gasteiger partial charge >= 0.3 is 0 Å². The molecule has 0 radical (unpaired) electrons. The van der Waals surface area contributed by atoms with Crippen LogP contribution in [0.1, 0.15) is 31.9 Å². The third-order valence-electron chi connectivity index (χ3n) is 3.10. The van der Waals surface area contributed by atoms with E-state index in [4.69, 9.17) is 4.74 Å². The van der Waals surface area contributed by atoms with Gasteiger partial charge in [-0.15, -0.1) is 0 Å². The lowest BCUT2D eigenvalue weighted by molar-refractivity contribution is -0.0488. The fourth-order valence-corrected chi connectivity index (χ4v) is 2.69. The number of nitrogens with one attached hydrogen (secondary N) is 1. The Morgan fingerprint density at radius 2 is 2.22 bits per heavy atom. The molecule has 1 fully saturated rings. The van der Waals surface area contributed by atoms with Crippen molar-refractivity contribution in [2.24, 2.45) is 5.92 Å². The predicted octanol–water partition coefficient (Wildman–Crippen LogP) is 3.66. The van der Waals surface area contributed by atoms with Gasteiger partial charge in [-0.1, -0.05) is 29.8 Å². The molecule has 2 unspecified atom stereocenters. The maximum atomic E-state index is 13.8. The van der Waals surface area contributed by atoms with Crippen molar-refractivity contribution >= 4 is 15.9 Å². The number of halogens is 2. The van der Waals surface area contributed by atoms with Gasteiger partial charge in [0.05, 0.1) is 12.2 Å². The average Bonchev–Trinajstić information content (AvgIpc) is 2.32. The second-order valence-electron chi connectivity index (χ2n) is 5.20. The third kappa shape index (κ3) is 3.53. The largest absolute Gasteiger partial charge is 0.368 e. The van der Waals surface area contributed by atoms with Crippen LogP contribution in [0.2, 0.25) is 0 Å². The summed E-state index contributed by atoms with van der Waals surface area (Å²) in [4.78, 5) is 0. The second-order valence-corrected chi connectivity index (χ2v) is 6.12. The van der Waals surface area contributed by atoms with Gasteiger partial charge in [-0.2, -0.15) is 0 Å². The SMILES string of the molecule is CC(C)CC1CNCC(c2cc(Br)ccc2F)O1. The van der Waals surface area contributed by atoms with Crippen molar-refractivity contribution in [2.45, 2.75) is 32.5 Å². The molecule has 0 bridgehead atoms. The molecule has 2 nitrogen and oxygen atoms in total. The highest BCUT2D eigenvalue weighted by atomic mass is 79.9. The normalized spacial score (nSPS) is 24.5. The van der Waals surface area contributed by atoms with Gasteiger partial charge in [0.2, 0.25) is 0 Å². The van der Waals surface area contributed by atoms with Crippen molar-refractivity contribution in [1.82, 2.24) is 5.32 Å². The summed E-state index contributed by atoms with van der Waals surface area (Å²) in [5.74, 6) is 0.387. The van der Waals surface area contributed by atoms with E-state index < -0.39 is 0 Å². The number of benzene rings is 1. The molecule has 0 amide bonds. The Balaban J connectivity index is 2.10. The third-order valence-corrected chi connectivity index (χ3v) is 3.59. The lowest BCUT2D eigenvalue weighted by Crippen LogP contribution is -2.41. The summed E-state index contributed by atoms with van der Waals surface area (Å²) in [7, 11) is 0. The van der Waals surface area contributed by atoms with E-state index >= 15 is 0 Å². The Labute approximate surface area is 116 Å². The van der Waals surface area contributed by atoms with Crippen LogP contribution in [0, 0.1) is 11.7 Å². The van der Waals surface area contributed by atoms with Crippen LogP contribution in [0.25, 0.3) is 0 Å². The van der Waals surface area contributed by atoms with Gasteiger partial charge in [-0.05, 0) is 30.5 Å². The van der Waals surface area contributed by atoms with Crippen molar-refractivity contribution < 1.29 is 9.13 Å². The summed E-state index contributed by atoms with van der Waals surface area (Å²) in [5, 5.41) is 3.33. The van der Waals surface area contributed by atoms with Gasteiger partial charge in [0, 0.05) is 23.1 Å². The zero-order chi connectivity index (χ0) is 13.1. The molecule has 0 saturated carbocycles. The van der Waals surface area contributed by atoms with E-state index in [1.54, 1.807) is 12.1 Å². The van der Waals surface area contributed by atoms with Crippen molar-refractivity contribution in [3.8, 4) is 0 Å². The molecule has 0 spiro atoms. The van der Waals surface area contributed by atoms with Gasteiger partial charge in [0.1, 0.15) is 5.82 Å². The summed E-state index contributed by atoms with van der Waals surface area (Å²) in [5.41, 5.74) is 0.630. The first-order valence-electron chi connectivity index (χ1n) is 6.37. The van der Waals surface area contributed by atoms with Crippen LogP contribution in [0.3, 0.4) is 0 Å². The fraction of sp³-hybridized carbons (Fsp3) is 0.571. The summed E-state index contributed by atoms with van der Waals surface area (Å²) in [6.07, 6.45) is 0.973. The van der Waals surface area contributed by atoms with Crippen LogP contribution >= 0.6 is 15.9 Å². The molecule has 1 aromatic carbocycles. The molecule has 0 aromatic heterocycles. The van der Waals surface area contributed by atoms with E-state index in [0.717, 1.165) is 17.4 Å². The molecule has 18 heavy (non-hydrogen) atoms. The first-order chi connectivity index (χ1) is 8.56. The van der Waals surface area contributed by atoms with Crippen molar-refractivity contribution in [3.05, 3.63) is 34.1 Å². The quantitative estimate of drug-likeness (QED) is 0.919. The molecule has 100 valence electrons. The monoisotopic (exact) mass is 315 g/mol. The van der Waals surface area contributed by atoms with E-state index in [0.29, 0.717) is 18.0 Å². The standard InChI is InChI=1S/C14H19BrFNO/c1-9(2)5-11-7-17-8-14(18-11)12-6-10(15)3-4-13(12)16/h3-4,6,9,11,14,17H,5,7-8H2,1-2H3. The van der Waals surface area contributed by atoms with E-state index in [2.05, 4.69) is 35.1 Å². The number of rotatable bonds is 3. The lowest BCUT2D eigenvalue weighted by Gasteiger charge is -2.32. The summed E-state index contributed by atoms with van der Waals surface area (Å²) in [6.45, 7) is 5.87. The number of hydrogen-bond donors (Lipinski definition) is 1. The van der Waals surface area contributed by atoms with Crippen molar-refractivity contribution in [3.63, 3.8) is 0 Å². The minimum absolute atomic E-state index is 0.169. The molecule has 2 rings (SSSR count). The number of ether oxygens (including phenoxy) is 1. The maximum Gasteiger partial charge on any atom is 0.129 e. The Hall–Kier alpha value is -0.450. The average molecular weight is 316 g/mol. The van der Waals surface area contributed by atoms with E-state index in [1.165, 1.54) is 6.07 Å². The van der Waals surface area contributed by atoms with Crippen LogP contribution in [0.4, 0.5) is 4.39 Å². The predicted molar refractivity (Wildman–Crippen MR) is 74.0 cm³/mol. The summed E-state index contributed by atoms with van der Waals surface area (Å²) >= 11 is 3.38. The molecular formula is C14H19BrFNO. The smallest absolute Gasteiger partial charge is 0.129 e. The molecule has 1 saturated heterocycles. The summed E-state index contributed by atoms with van der Waals surface area (Å²) in [6, 6.07) is 4.99. The van der Waals surface area contributed by atoms with Crippen LogP contribution in [-0.4, -0.2) is 19.2 Å². The molecule has 1 aromatic rings. The molecule has 1 aliphatic rings. The molecule has 4 heteroatoms. The molecule has 1 aliphatic heterocycles. The minimum atomic E-state index is -0.199. The summed E-state index contributed by atoms with van der Waals surface area (Å²) < 4.78 is 20.7. The molecular weight excluding hydrogens is 297 g/mol. The van der Waals surface area contributed by atoms with Crippen LogP contribution in [0.5, 0.6) is 0 Å². The van der Waals surface area contributed by atoms with Gasteiger partial charge < -0.3 is 10.1 Å². The van der Waals surface area contributed by atoms with Crippen LogP contribution in [-0.2, 0) is 4.74 Å². The zero-order valence-corrected chi connectivity index (χ0v) is 12.3. The molecule has 2 atom stereocenters. The fourth-order valence-electron chi connectivity index (χ4n) is 2.31. The zero-order valence-electron chi connectivity index (χ0n) is 10.7. The van der Waals surface area contributed by atoms with Gasteiger partial charge in [-0.3, -0.25) is 0 Å². The van der Waals surface area contributed by atoms with Gasteiger partial charge in [0.25, 0.3) is 0 Å². The van der Waals surface area contributed by atoms with Crippen LogP contribution < -0.4 is 5.32 Å². The second kappa shape index (κ2) is 6.13. The molecule has 1 heterocycles. The minimum Gasteiger partial charge on any atom is -0.368 e. The lowest BCUT2D eigenvalue weighted by atomic mass is 10.0. The van der Waals surface area contributed by atoms with E-state index in [-0.39, 0.29) is 18.0 Å². The Kier molecular flexibility index (Phi) is 4.76. The molecule has 0 aliphatic carbocycles. The van der Waals surface area contributed by atoms with Gasteiger partial charge in [0.15, 0.2) is 0 Å². The van der Waals surface area contributed by atoms with Crippen LogP contribution in [0.15, 0.2) is 22.7 Å². The number of hydrogen-bond acceptors (Lipinski definition) is 2. The van der Waals surface area contributed by atoms with Gasteiger partial charge in [-0.25, -0.2) is 4.39 Å². The Morgan fingerprint density at radius 1 is 1.44 bits per heavy atom. The highest BCUT2D eigenvalue weighted by Gasteiger charge is 2.25. The first kappa shape index (κ1) is 14.0. The van der Waals surface area contributed by atoms with E-state index in [9.17, 15) is 4.39 Å². The molecule has 1 N–H and O–H groups in total. The van der Waals surface area contributed by atoms with Crippen molar-refractivity contribution in [2.75, 3.05) is 13.1 Å². The topological polar surface area (TPSA) is 21.3 Å². The Morgan fingerprint density at radius 3 is 2.94 bits per heavy atom. The highest BCUT2D eigenvalue weighted by Crippen LogP contribution is 2.28. The van der Waals surface area contributed by atoms with E-state index in [1.807, 2.05) is 0 Å². The highest BCUT2D eigenvalue weighted by molar-refractivity contribution is 9.10. The maximum absolute atomic E-state index is 13.8. The first-order valence-corrected chi connectivity index (χ1v) is 7.16. The number of morpholine rings is 1. The Bertz CT molecular complexity index is 411. The van der Waals surface area contributed by atoms with Crippen molar-refractivity contribution in [1.29, 1.82) is 0 Å².